The number of aromatic nitrogens is 4. The van der Waals surface area contributed by atoms with Crippen LogP contribution in [0.15, 0.2) is 42.9 Å². The third kappa shape index (κ3) is 2.73. The van der Waals surface area contributed by atoms with Crippen molar-refractivity contribution < 1.29 is 5.11 Å². The van der Waals surface area contributed by atoms with E-state index in [2.05, 4.69) is 15.0 Å². The molecule has 2 aromatic heterocycles. The van der Waals surface area contributed by atoms with E-state index < -0.39 is 0 Å². The van der Waals surface area contributed by atoms with E-state index in [-0.39, 0.29) is 12.1 Å². The highest BCUT2D eigenvalue weighted by Gasteiger charge is 2.42. The van der Waals surface area contributed by atoms with E-state index in [1.165, 1.54) is 0 Å². The lowest BCUT2D eigenvalue weighted by molar-refractivity contribution is 0.0306. The maximum absolute atomic E-state index is 10.6. The molecule has 4 atom stereocenters. The van der Waals surface area contributed by atoms with E-state index in [1.54, 1.807) is 6.20 Å². The molecule has 1 saturated carbocycles. The van der Waals surface area contributed by atoms with Crippen molar-refractivity contribution in [1.82, 2.24) is 19.7 Å². The molecule has 1 saturated heterocycles. The van der Waals surface area contributed by atoms with Gasteiger partial charge in [-0.25, -0.2) is 4.98 Å². The van der Waals surface area contributed by atoms with Gasteiger partial charge in [0.15, 0.2) is 0 Å². The molecular formula is C19H20ClN5O. The lowest BCUT2D eigenvalue weighted by atomic mass is 9.77. The highest BCUT2D eigenvalue weighted by atomic mass is 35.5. The summed E-state index contributed by atoms with van der Waals surface area (Å²) in [7, 11) is 0. The second-order valence-corrected chi connectivity index (χ2v) is 7.81. The van der Waals surface area contributed by atoms with Crippen LogP contribution in [0.5, 0.6) is 0 Å². The minimum atomic E-state index is -0.346. The molecule has 5 rings (SSSR count). The van der Waals surface area contributed by atoms with E-state index in [9.17, 15) is 5.11 Å². The standard InChI is InChI=1S/C19H20ClN5O/c20-14-2-3-15-16(8-14)21-9-19(23-15)24-10-12-6-17(25-5-1-4-22-25)18(26)7-13(12)11-24/h1-5,8-9,12-13,17-18,26H,6-7,10-11H2/t12-,13+,17-,18-/m1/s1. The van der Waals surface area contributed by atoms with Gasteiger partial charge in [-0.15, -0.1) is 0 Å². The van der Waals surface area contributed by atoms with Crippen molar-refractivity contribution in [2.75, 3.05) is 18.0 Å². The second kappa shape index (κ2) is 6.21. The quantitative estimate of drug-likeness (QED) is 0.752. The average Bonchev–Trinajstić information content (AvgIpc) is 3.29. The van der Waals surface area contributed by atoms with Crippen molar-refractivity contribution in [2.24, 2.45) is 11.8 Å². The third-order valence-electron chi connectivity index (χ3n) is 5.79. The van der Waals surface area contributed by atoms with Gasteiger partial charge in [0.1, 0.15) is 5.82 Å². The molecule has 7 heteroatoms. The monoisotopic (exact) mass is 369 g/mol. The Labute approximate surface area is 156 Å². The molecule has 3 heterocycles. The summed E-state index contributed by atoms with van der Waals surface area (Å²) < 4.78 is 1.91. The molecule has 6 nitrogen and oxygen atoms in total. The Balaban J connectivity index is 1.38. The van der Waals surface area contributed by atoms with Crippen LogP contribution < -0.4 is 4.90 Å². The van der Waals surface area contributed by atoms with Crippen LogP contribution in [0, 0.1) is 11.8 Å². The topological polar surface area (TPSA) is 67.1 Å². The molecule has 26 heavy (non-hydrogen) atoms. The van der Waals surface area contributed by atoms with Gasteiger partial charge >= 0.3 is 0 Å². The molecule has 1 aliphatic heterocycles. The Morgan fingerprint density at radius 3 is 2.77 bits per heavy atom. The van der Waals surface area contributed by atoms with Crippen LogP contribution in [0.2, 0.25) is 5.02 Å². The molecule has 0 spiro atoms. The van der Waals surface area contributed by atoms with Gasteiger partial charge in [0.2, 0.25) is 0 Å². The molecule has 1 aliphatic carbocycles. The zero-order valence-corrected chi connectivity index (χ0v) is 15.0. The average molecular weight is 370 g/mol. The molecule has 2 fully saturated rings. The van der Waals surface area contributed by atoms with Gasteiger partial charge in [-0.3, -0.25) is 9.67 Å². The first-order valence-corrected chi connectivity index (χ1v) is 9.39. The zero-order valence-electron chi connectivity index (χ0n) is 14.2. The van der Waals surface area contributed by atoms with Gasteiger partial charge in [-0.1, -0.05) is 11.6 Å². The normalized spacial score (nSPS) is 28.5. The van der Waals surface area contributed by atoms with Gasteiger partial charge in [-0.2, -0.15) is 5.10 Å². The first kappa shape index (κ1) is 16.0. The first-order chi connectivity index (χ1) is 12.7. The van der Waals surface area contributed by atoms with Crippen LogP contribution in [-0.2, 0) is 0 Å². The maximum Gasteiger partial charge on any atom is 0.147 e. The smallest absolute Gasteiger partial charge is 0.147 e. The number of nitrogens with zero attached hydrogens (tertiary/aromatic N) is 5. The highest BCUT2D eigenvalue weighted by Crippen LogP contribution is 2.42. The van der Waals surface area contributed by atoms with Gasteiger partial charge < -0.3 is 10.0 Å². The molecule has 134 valence electrons. The van der Waals surface area contributed by atoms with Gasteiger partial charge in [0.05, 0.1) is 29.4 Å². The number of hydrogen-bond acceptors (Lipinski definition) is 5. The summed E-state index contributed by atoms with van der Waals surface area (Å²) in [4.78, 5) is 11.6. The van der Waals surface area contributed by atoms with Crippen LogP contribution in [0.1, 0.15) is 18.9 Å². The van der Waals surface area contributed by atoms with Crippen LogP contribution >= 0.6 is 11.6 Å². The molecule has 0 amide bonds. The van der Waals surface area contributed by atoms with Crippen molar-refractivity contribution in [3.8, 4) is 0 Å². The fourth-order valence-corrected chi connectivity index (χ4v) is 4.65. The number of rotatable bonds is 2. The number of benzene rings is 1. The van der Waals surface area contributed by atoms with E-state index in [1.807, 2.05) is 41.3 Å². The van der Waals surface area contributed by atoms with Gasteiger partial charge in [-0.05, 0) is 48.9 Å². The highest BCUT2D eigenvalue weighted by molar-refractivity contribution is 6.31. The molecule has 0 radical (unpaired) electrons. The Hall–Kier alpha value is -2.18. The van der Waals surface area contributed by atoms with Crippen molar-refractivity contribution in [3.63, 3.8) is 0 Å². The van der Waals surface area contributed by atoms with E-state index in [4.69, 9.17) is 16.6 Å². The number of aliphatic hydroxyl groups excluding tert-OH is 1. The van der Waals surface area contributed by atoms with E-state index in [0.29, 0.717) is 16.9 Å². The van der Waals surface area contributed by atoms with Crippen LogP contribution in [0.4, 0.5) is 5.82 Å². The Kier molecular flexibility index (Phi) is 3.83. The minimum Gasteiger partial charge on any atom is -0.391 e. The molecule has 0 bridgehead atoms. The van der Waals surface area contributed by atoms with Gasteiger partial charge in [0, 0.05) is 30.5 Å². The number of anilines is 1. The van der Waals surface area contributed by atoms with Crippen LogP contribution in [0.3, 0.4) is 0 Å². The summed E-state index contributed by atoms with van der Waals surface area (Å²) in [5, 5.41) is 15.6. The summed E-state index contributed by atoms with van der Waals surface area (Å²) in [5.74, 6) is 1.93. The van der Waals surface area contributed by atoms with Crippen molar-refractivity contribution in [1.29, 1.82) is 0 Å². The predicted octanol–water partition coefficient (Wildman–Crippen LogP) is 2.93. The predicted molar refractivity (Wildman–Crippen MR) is 100 cm³/mol. The Morgan fingerprint density at radius 2 is 1.96 bits per heavy atom. The molecular weight excluding hydrogens is 350 g/mol. The first-order valence-electron chi connectivity index (χ1n) is 9.02. The van der Waals surface area contributed by atoms with Gasteiger partial charge in [0.25, 0.3) is 0 Å². The van der Waals surface area contributed by atoms with Crippen LogP contribution in [-0.4, -0.2) is 44.0 Å². The fraction of sp³-hybridized carbons (Fsp3) is 0.421. The molecule has 1 aromatic carbocycles. The van der Waals surface area contributed by atoms with E-state index >= 15 is 0 Å². The Morgan fingerprint density at radius 1 is 1.12 bits per heavy atom. The maximum atomic E-state index is 10.6. The SMILES string of the molecule is O[C@@H]1C[C@H]2CN(c3cnc4cc(Cl)ccc4n3)C[C@H]2C[C@H]1n1cccn1. The molecule has 0 unspecified atom stereocenters. The Bertz CT molecular complexity index is 931. The fourth-order valence-electron chi connectivity index (χ4n) is 4.48. The lowest BCUT2D eigenvalue weighted by Crippen LogP contribution is -2.36. The number of fused-ring (bicyclic) bond motifs is 2. The summed E-state index contributed by atoms with van der Waals surface area (Å²) in [6.45, 7) is 1.87. The molecule has 3 aromatic rings. The van der Waals surface area contributed by atoms with Crippen molar-refractivity contribution >= 4 is 28.5 Å². The zero-order chi connectivity index (χ0) is 17.7. The summed E-state index contributed by atoms with van der Waals surface area (Å²) >= 11 is 6.03. The largest absolute Gasteiger partial charge is 0.391 e. The number of halogens is 1. The minimum absolute atomic E-state index is 0.0658. The van der Waals surface area contributed by atoms with Crippen LogP contribution in [0.25, 0.3) is 11.0 Å². The lowest BCUT2D eigenvalue weighted by Gasteiger charge is -2.35. The second-order valence-electron chi connectivity index (χ2n) is 7.38. The number of hydrogen-bond donors (Lipinski definition) is 1. The number of aliphatic hydroxyl groups is 1. The van der Waals surface area contributed by atoms with Crippen molar-refractivity contribution in [3.05, 3.63) is 47.9 Å². The molecule has 1 N–H and O–H groups in total. The summed E-state index contributed by atoms with van der Waals surface area (Å²) in [6.07, 6.45) is 6.96. The van der Waals surface area contributed by atoms with Crippen molar-refractivity contribution in [2.45, 2.75) is 25.0 Å². The summed E-state index contributed by atoms with van der Waals surface area (Å²) in [6, 6.07) is 7.57. The summed E-state index contributed by atoms with van der Waals surface area (Å²) in [5.41, 5.74) is 1.67. The van der Waals surface area contributed by atoms with E-state index in [0.717, 1.165) is 42.8 Å². The molecule has 2 aliphatic rings. The third-order valence-corrected chi connectivity index (χ3v) is 6.02.